The standard InChI is InChI=1S/C27H30N4O2/c1-20-6-4-7-21(16-20)19-31-14-11-23(12-15-31)26(32)30-25-10-3-2-9-24(25)27(33)29-18-22-8-5-13-28-17-22/h2-10,13,16-17,23H,11-12,14-15,18-19H2,1H3,(H,29,33)(H,30,32). The summed E-state index contributed by atoms with van der Waals surface area (Å²) in [4.78, 5) is 32.2. The summed E-state index contributed by atoms with van der Waals surface area (Å²) in [5.41, 5.74) is 4.51. The van der Waals surface area contributed by atoms with Gasteiger partial charge in [0.2, 0.25) is 5.91 Å². The van der Waals surface area contributed by atoms with E-state index in [1.54, 1.807) is 30.6 Å². The maximum atomic E-state index is 13.0. The highest BCUT2D eigenvalue weighted by atomic mass is 16.2. The Labute approximate surface area is 195 Å². The van der Waals surface area contributed by atoms with E-state index < -0.39 is 0 Å². The van der Waals surface area contributed by atoms with Crippen LogP contribution in [0.25, 0.3) is 0 Å². The second kappa shape index (κ2) is 10.9. The number of anilines is 1. The molecule has 0 bridgehead atoms. The van der Waals surface area contributed by atoms with Crippen molar-refractivity contribution in [3.8, 4) is 0 Å². The predicted octanol–water partition coefficient (Wildman–Crippen LogP) is 4.17. The Kier molecular flexibility index (Phi) is 7.47. The molecule has 0 unspecified atom stereocenters. The highest BCUT2D eigenvalue weighted by Gasteiger charge is 2.26. The first-order valence-corrected chi connectivity index (χ1v) is 11.4. The van der Waals surface area contributed by atoms with Crippen LogP contribution in [0, 0.1) is 12.8 Å². The monoisotopic (exact) mass is 442 g/mol. The number of pyridine rings is 1. The summed E-state index contributed by atoms with van der Waals surface area (Å²) in [6.07, 6.45) is 5.04. The Hall–Kier alpha value is -3.51. The summed E-state index contributed by atoms with van der Waals surface area (Å²) in [5, 5.41) is 5.91. The number of carbonyl (C=O) groups is 2. The molecule has 170 valence electrons. The van der Waals surface area contributed by atoms with Gasteiger partial charge in [0.05, 0.1) is 11.3 Å². The lowest BCUT2D eigenvalue weighted by molar-refractivity contribution is -0.121. The van der Waals surface area contributed by atoms with Crippen LogP contribution in [0.3, 0.4) is 0 Å². The molecule has 1 aromatic heterocycles. The minimum Gasteiger partial charge on any atom is -0.348 e. The van der Waals surface area contributed by atoms with Crippen molar-refractivity contribution in [1.29, 1.82) is 0 Å². The number of likely N-dealkylation sites (tertiary alicyclic amines) is 1. The molecule has 3 aromatic rings. The van der Waals surface area contributed by atoms with Gasteiger partial charge in [-0.1, -0.05) is 48.0 Å². The lowest BCUT2D eigenvalue weighted by atomic mass is 9.95. The van der Waals surface area contributed by atoms with E-state index in [1.807, 2.05) is 18.2 Å². The van der Waals surface area contributed by atoms with Crippen molar-refractivity contribution in [2.75, 3.05) is 18.4 Å². The number of benzene rings is 2. The van der Waals surface area contributed by atoms with Gasteiger partial charge >= 0.3 is 0 Å². The Morgan fingerprint density at radius 1 is 1.00 bits per heavy atom. The first-order chi connectivity index (χ1) is 16.1. The number of aromatic nitrogens is 1. The van der Waals surface area contributed by atoms with Gasteiger partial charge in [0.25, 0.3) is 5.91 Å². The first kappa shape index (κ1) is 22.7. The van der Waals surface area contributed by atoms with Gasteiger partial charge in [-0.05, 0) is 62.2 Å². The maximum Gasteiger partial charge on any atom is 0.253 e. The number of carbonyl (C=O) groups excluding carboxylic acids is 2. The van der Waals surface area contributed by atoms with Crippen molar-refractivity contribution in [1.82, 2.24) is 15.2 Å². The largest absolute Gasteiger partial charge is 0.348 e. The zero-order valence-corrected chi connectivity index (χ0v) is 19.0. The van der Waals surface area contributed by atoms with Crippen LogP contribution in [0.5, 0.6) is 0 Å². The first-order valence-electron chi connectivity index (χ1n) is 11.4. The van der Waals surface area contributed by atoms with Gasteiger partial charge in [0, 0.05) is 31.4 Å². The number of hydrogen-bond donors (Lipinski definition) is 2. The lowest BCUT2D eigenvalue weighted by Gasteiger charge is -2.31. The van der Waals surface area contributed by atoms with Crippen molar-refractivity contribution in [2.45, 2.75) is 32.9 Å². The molecular formula is C27H30N4O2. The van der Waals surface area contributed by atoms with Crippen molar-refractivity contribution in [2.24, 2.45) is 5.92 Å². The number of nitrogens with zero attached hydrogens (tertiary/aromatic N) is 2. The summed E-state index contributed by atoms with van der Waals surface area (Å²) >= 11 is 0. The highest BCUT2D eigenvalue weighted by Crippen LogP contribution is 2.23. The number of para-hydroxylation sites is 1. The van der Waals surface area contributed by atoms with E-state index in [0.717, 1.165) is 38.0 Å². The maximum absolute atomic E-state index is 13.0. The molecule has 6 heteroatoms. The van der Waals surface area contributed by atoms with Crippen LogP contribution in [0.1, 0.15) is 39.9 Å². The lowest BCUT2D eigenvalue weighted by Crippen LogP contribution is -2.38. The molecule has 0 saturated carbocycles. The number of nitrogens with one attached hydrogen (secondary N) is 2. The average Bonchev–Trinajstić information content (AvgIpc) is 2.84. The molecule has 1 aliphatic heterocycles. The number of rotatable bonds is 7. The Balaban J connectivity index is 1.31. The third-order valence-electron chi connectivity index (χ3n) is 6.05. The summed E-state index contributed by atoms with van der Waals surface area (Å²) in [6.45, 7) is 5.18. The molecule has 2 aromatic carbocycles. The molecule has 1 fully saturated rings. The van der Waals surface area contributed by atoms with Crippen LogP contribution in [-0.2, 0) is 17.9 Å². The second-order valence-electron chi connectivity index (χ2n) is 8.62. The molecule has 0 aliphatic carbocycles. The summed E-state index contributed by atoms with van der Waals surface area (Å²) < 4.78 is 0. The fourth-order valence-electron chi connectivity index (χ4n) is 4.23. The fourth-order valence-corrected chi connectivity index (χ4v) is 4.23. The number of piperidine rings is 1. The Morgan fingerprint density at radius 2 is 1.79 bits per heavy atom. The topological polar surface area (TPSA) is 74.3 Å². The smallest absolute Gasteiger partial charge is 0.253 e. The molecule has 2 amide bonds. The van der Waals surface area contributed by atoms with E-state index >= 15 is 0 Å². The van der Waals surface area contributed by atoms with Crippen molar-refractivity contribution >= 4 is 17.5 Å². The molecular weight excluding hydrogens is 412 g/mol. The SMILES string of the molecule is Cc1cccc(CN2CCC(C(=O)Nc3ccccc3C(=O)NCc3cccnc3)CC2)c1. The molecule has 0 atom stereocenters. The van der Waals surface area contributed by atoms with Crippen molar-refractivity contribution < 1.29 is 9.59 Å². The fraction of sp³-hybridized carbons (Fsp3) is 0.296. The minimum atomic E-state index is -0.220. The van der Waals surface area contributed by atoms with E-state index in [-0.39, 0.29) is 17.7 Å². The van der Waals surface area contributed by atoms with Gasteiger partial charge in [-0.15, -0.1) is 0 Å². The van der Waals surface area contributed by atoms with Crippen LogP contribution < -0.4 is 10.6 Å². The highest BCUT2D eigenvalue weighted by molar-refractivity contribution is 6.04. The summed E-state index contributed by atoms with van der Waals surface area (Å²) in [7, 11) is 0. The third kappa shape index (κ3) is 6.26. The van der Waals surface area contributed by atoms with Gasteiger partial charge in [-0.3, -0.25) is 19.5 Å². The van der Waals surface area contributed by atoms with Gasteiger partial charge in [0.1, 0.15) is 0 Å². The number of hydrogen-bond acceptors (Lipinski definition) is 4. The average molecular weight is 443 g/mol. The van der Waals surface area contributed by atoms with Gasteiger partial charge < -0.3 is 10.6 Å². The summed E-state index contributed by atoms with van der Waals surface area (Å²) in [6, 6.07) is 19.5. The molecule has 0 spiro atoms. The molecule has 1 saturated heterocycles. The van der Waals surface area contributed by atoms with Crippen LogP contribution in [0.2, 0.25) is 0 Å². The Bertz CT molecular complexity index is 1090. The van der Waals surface area contributed by atoms with Gasteiger partial charge in [-0.25, -0.2) is 0 Å². The minimum absolute atomic E-state index is 0.0160. The molecule has 6 nitrogen and oxygen atoms in total. The van der Waals surface area contributed by atoms with Gasteiger partial charge in [-0.2, -0.15) is 0 Å². The zero-order chi connectivity index (χ0) is 23.0. The third-order valence-corrected chi connectivity index (χ3v) is 6.05. The van der Waals surface area contributed by atoms with Gasteiger partial charge in [0.15, 0.2) is 0 Å². The van der Waals surface area contributed by atoms with E-state index in [1.165, 1.54) is 11.1 Å². The molecule has 1 aliphatic rings. The van der Waals surface area contributed by atoms with Crippen LogP contribution in [0.15, 0.2) is 73.1 Å². The zero-order valence-electron chi connectivity index (χ0n) is 19.0. The van der Waals surface area contributed by atoms with Crippen LogP contribution >= 0.6 is 0 Å². The molecule has 33 heavy (non-hydrogen) atoms. The molecule has 2 N–H and O–H groups in total. The van der Waals surface area contributed by atoms with Crippen LogP contribution in [0.4, 0.5) is 5.69 Å². The van der Waals surface area contributed by atoms with E-state index in [0.29, 0.717) is 17.8 Å². The summed E-state index contributed by atoms with van der Waals surface area (Å²) in [5.74, 6) is -0.286. The molecule has 0 radical (unpaired) electrons. The quantitative estimate of drug-likeness (QED) is 0.576. The second-order valence-corrected chi connectivity index (χ2v) is 8.62. The number of amides is 2. The molecule has 4 rings (SSSR count). The van der Waals surface area contributed by atoms with Crippen molar-refractivity contribution in [3.63, 3.8) is 0 Å². The Morgan fingerprint density at radius 3 is 2.55 bits per heavy atom. The van der Waals surface area contributed by atoms with Crippen molar-refractivity contribution in [3.05, 3.63) is 95.3 Å². The van der Waals surface area contributed by atoms with E-state index in [9.17, 15) is 9.59 Å². The number of aryl methyl sites for hydroxylation is 1. The van der Waals surface area contributed by atoms with E-state index in [4.69, 9.17) is 0 Å². The predicted molar refractivity (Wildman–Crippen MR) is 130 cm³/mol. The van der Waals surface area contributed by atoms with Crippen LogP contribution in [-0.4, -0.2) is 34.8 Å². The normalized spacial score (nSPS) is 14.6. The van der Waals surface area contributed by atoms with E-state index in [2.05, 4.69) is 51.7 Å². The molecule has 2 heterocycles.